The molecule has 6 nitrogen and oxygen atoms in total. The molecule has 0 aromatic heterocycles. The molecular formula is C26H28O6. The monoisotopic (exact) mass is 436 g/mol. The van der Waals surface area contributed by atoms with E-state index in [-0.39, 0.29) is 26.4 Å². The fourth-order valence-electron chi connectivity index (χ4n) is 4.90. The molecule has 2 aromatic carbocycles. The highest BCUT2D eigenvalue weighted by Gasteiger charge is 2.42. The van der Waals surface area contributed by atoms with Crippen LogP contribution in [0.2, 0.25) is 0 Å². The minimum atomic E-state index is -0.459. The lowest BCUT2D eigenvalue weighted by Gasteiger charge is -2.25. The van der Waals surface area contributed by atoms with E-state index in [1.165, 1.54) is 11.1 Å². The minimum Gasteiger partial charge on any atom is -0.489 e. The number of carbonyl (C=O) groups excluding carboxylic acids is 2. The van der Waals surface area contributed by atoms with Gasteiger partial charge in [-0.25, -0.2) is 9.59 Å². The van der Waals surface area contributed by atoms with Crippen LogP contribution in [0.5, 0.6) is 11.5 Å². The molecule has 0 aliphatic heterocycles. The molecule has 2 atom stereocenters. The van der Waals surface area contributed by atoms with Gasteiger partial charge in [0.25, 0.3) is 0 Å². The number of rotatable bonds is 10. The van der Waals surface area contributed by atoms with Crippen molar-refractivity contribution in [3.63, 3.8) is 0 Å². The van der Waals surface area contributed by atoms with Crippen LogP contribution in [0.25, 0.3) is 10.8 Å². The molecule has 32 heavy (non-hydrogen) atoms. The van der Waals surface area contributed by atoms with Gasteiger partial charge in [0.05, 0.1) is 0 Å². The zero-order valence-corrected chi connectivity index (χ0v) is 18.4. The smallest absolute Gasteiger partial charge is 0.330 e. The predicted octanol–water partition coefficient (Wildman–Crippen LogP) is 4.73. The number of hydrogen-bond acceptors (Lipinski definition) is 6. The summed E-state index contributed by atoms with van der Waals surface area (Å²) in [5, 5.41) is 1.97. The van der Waals surface area contributed by atoms with Crippen LogP contribution in [0.4, 0.5) is 0 Å². The first-order valence-corrected chi connectivity index (χ1v) is 11.0. The summed E-state index contributed by atoms with van der Waals surface area (Å²) >= 11 is 0. The van der Waals surface area contributed by atoms with Crippen molar-refractivity contribution in [2.24, 2.45) is 0 Å². The molecule has 2 bridgehead atoms. The molecular weight excluding hydrogens is 408 g/mol. The maximum atomic E-state index is 11.4. The summed E-state index contributed by atoms with van der Waals surface area (Å²) in [6.07, 6.45) is 5.65. The van der Waals surface area contributed by atoms with Gasteiger partial charge in [-0.05, 0) is 44.1 Å². The molecule has 2 aliphatic carbocycles. The Balaban J connectivity index is 1.68. The Kier molecular flexibility index (Phi) is 6.49. The summed E-state index contributed by atoms with van der Waals surface area (Å²) in [5.41, 5.74) is 3.55. The van der Waals surface area contributed by atoms with Gasteiger partial charge in [-0.3, -0.25) is 0 Å². The van der Waals surface area contributed by atoms with Gasteiger partial charge in [0, 0.05) is 34.1 Å². The van der Waals surface area contributed by atoms with Crippen LogP contribution in [-0.2, 0) is 19.1 Å². The Morgan fingerprint density at radius 1 is 0.875 bits per heavy atom. The number of benzene rings is 2. The third-order valence-electron chi connectivity index (χ3n) is 6.17. The van der Waals surface area contributed by atoms with Crippen molar-refractivity contribution < 1.29 is 28.5 Å². The van der Waals surface area contributed by atoms with Crippen molar-refractivity contribution in [1.29, 1.82) is 0 Å². The molecule has 0 radical (unpaired) electrons. The normalized spacial score (nSPS) is 18.2. The largest absolute Gasteiger partial charge is 0.489 e. The number of esters is 2. The van der Waals surface area contributed by atoms with Crippen molar-refractivity contribution in [2.45, 2.75) is 38.0 Å². The molecule has 0 saturated heterocycles. The van der Waals surface area contributed by atoms with Crippen LogP contribution < -0.4 is 9.47 Å². The molecule has 2 aromatic rings. The first-order chi connectivity index (χ1) is 15.5. The van der Waals surface area contributed by atoms with Gasteiger partial charge in [0.1, 0.15) is 37.9 Å². The Morgan fingerprint density at radius 2 is 1.41 bits per heavy atom. The number of hydrogen-bond donors (Lipinski definition) is 0. The third-order valence-corrected chi connectivity index (χ3v) is 6.17. The minimum absolute atomic E-state index is 0.161. The highest BCUT2D eigenvalue weighted by molar-refractivity contribution is 5.97. The van der Waals surface area contributed by atoms with E-state index >= 15 is 0 Å². The molecule has 0 heterocycles. The first-order valence-electron chi connectivity index (χ1n) is 11.0. The molecule has 0 amide bonds. The van der Waals surface area contributed by atoms with E-state index in [0.29, 0.717) is 11.8 Å². The molecule has 2 aliphatic rings. The molecule has 0 spiro atoms. The number of carbonyl (C=O) groups is 2. The second-order valence-corrected chi connectivity index (χ2v) is 8.18. The number of fused-ring (bicyclic) bond motifs is 6. The van der Waals surface area contributed by atoms with Crippen molar-refractivity contribution >= 4 is 22.7 Å². The molecule has 1 saturated carbocycles. The highest BCUT2D eigenvalue weighted by atomic mass is 16.6. The number of ether oxygens (including phenoxy) is 4. The van der Waals surface area contributed by atoms with Gasteiger partial charge in [-0.15, -0.1) is 0 Å². The van der Waals surface area contributed by atoms with E-state index < -0.39 is 11.9 Å². The Bertz CT molecular complexity index is 1070. The molecule has 4 rings (SSSR count). The fourth-order valence-corrected chi connectivity index (χ4v) is 4.90. The SMILES string of the molecule is C=CC(=O)OCCOc1c2c(c(OCCOC(=O)C=C)c3cc(C)ccc13)C1CCC2C1. The van der Waals surface area contributed by atoms with E-state index in [1.807, 2.05) is 6.92 Å². The molecule has 6 heteroatoms. The topological polar surface area (TPSA) is 71.1 Å². The third kappa shape index (κ3) is 4.22. The van der Waals surface area contributed by atoms with Crippen LogP contribution in [0, 0.1) is 6.92 Å². The zero-order chi connectivity index (χ0) is 22.7. The van der Waals surface area contributed by atoms with E-state index in [2.05, 4.69) is 31.4 Å². The Hall–Kier alpha value is -3.28. The standard InChI is InChI=1S/C26H28O6/c1-4-21(27)29-10-12-31-25-19-9-6-16(3)14-20(19)26(32-13-11-30-22(28)5-2)24-18-8-7-17(15-18)23(24)25/h4-6,9,14,17-18H,1-2,7-8,10-13,15H2,3H3. The Morgan fingerprint density at radius 3 is 1.94 bits per heavy atom. The van der Waals surface area contributed by atoms with Crippen molar-refractivity contribution in [3.05, 3.63) is 60.2 Å². The van der Waals surface area contributed by atoms with Gasteiger partial charge in [0.2, 0.25) is 0 Å². The summed E-state index contributed by atoms with van der Waals surface area (Å²) in [6, 6.07) is 6.23. The Labute approximate surface area is 187 Å². The van der Waals surface area contributed by atoms with E-state index in [4.69, 9.17) is 18.9 Å². The lowest BCUT2D eigenvalue weighted by Crippen LogP contribution is -2.14. The van der Waals surface area contributed by atoms with E-state index in [9.17, 15) is 9.59 Å². The quantitative estimate of drug-likeness (QED) is 0.305. The maximum Gasteiger partial charge on any atom is 0.330 e. The fraction of sp³-hybridized carbons (Fsp3) is 0.385. The lowest BCUT2D eigenvalue weighted by atomic mass is 9.87. The lowest BCUT2D eigenvalue weighted by molar-refractivity contribution is -0.139. The average Bonchev–Trinajstić information content (AvgIpc) is 3.42. The van der Waals surface area contributed by atoms with E-state index in [1.54, 1.807) is 0 Å². The van der Waals surface area contributed by atoms with Crippen LogP contribution in [0.1, 0.15) is 47.8 Å². The molecule has 0 N–H and O–H groups in total. The van der Waals surface area contributed by atoms with Gasteiger partial charge in [-0.2, -0.15) is 0 Å². The van der Waals surface area contributed by atoms with Crippen LogP contribution in [0.3, 0.4) is 0 Å². The van der Waals surface area contributed by atoms with E-state index in [0.717, 1.165) is 59.2 Å². The van der Waals surface area contributed by atoms with Crippen LogP contribution >= 0.6 is 0 Å². The second kappa shape index (κ2) is 9.47. The van der Waals surface area contributed by atoms with Crippen molar-refractivity contribution in [3.8, 4) is 11.5 Å². The summed E-state index contributed by atoms with van der Waals surface area (Å²) in [4.78, 5) is 22.7. The summed E-state index contributed by atoms with van der Waals surface area (Å²) in [6.45, 7) is 9.73. The molecule has 168 valence electrons. The van der Waals surface area contributed by atoms with Crippen molar-refractivity contribution in [2.75, 3.05) is 26.4 Å². The maximum absolute atomic E-state index is 11.4. The summed E-state index contributed by atoms with van der Waals surface area (Å²) < 4.78 is 22.7. The first kappa shape index (κ1) is 21.9. The molecule has 1 fully saturated rings. The van der Waals surface area contributed by atoms with Gasteiger partial charge in [-0.1, -0.05) is 30.9 Å². The van der Waals surface area contributed by atoms with Gasteiger partial charge >= 0.3 is 11.9 Å². The van der Waals surface area contributed by atoms with Crippen molar-refractivity contribution in [1.82, 2.24) is 0 Å². The highest BCUT2D eigenvalue weighted by Crippen LogP contribution is 2.61. The molecule has 2 unspecified atom stereocenters. The zero-order valence-electron chi connectivity index (χ0n) is 18.4. The summed E-state index contributed by atoms with van der Waals surface area (Å²) in [5.74, 6) is 1.69. The van der Waals surface area contributed by atoms with Gasteiger partial charge < -0.3 is 18.9 Å². The van der Waals surface area contributed by atoms with Crippen LogP contribution in [0.15, 0.2) is 43.5 Å². The average molecular weight is 437 g/mol. The second-order valence-electron chi connectivity index (χ2n) is 8.18. The predicted molar refractivity (Wildman–Crippen MR) is 121 cm³/mol. The summed E-state index contributed by atoms with van der Waals surface area (Å²) in [7, 11) is 0. The van der Waals surface area contributed by atoms with Crippen LogP contribution in [-0.4, -0.2) is 38.4 Å². The number of aryl methyl sites for hydroxylation is 1. The van der Waals surface area contributed by atoms with Gasteiger partial charge in [0.15, 0.2) is 0 Å².